The molecule has 8 aromatic carbocycles. The minimum Gasteiger partial charge on any atom is -0.510 e. The van der Waals surface area contributed by atoms with Gasteiger partial charge in [0, 0.05) is 49.8 Å². The molecule has 0 spiro atoms. The van der Waals surface area contributed by atoms with E-state index in [9.17, 15) is 0 Å². The predicted molar refractivity (Wildman–Crippen MR) is 288 cm³/mol. The monoisotopic (exact) mass is 1100 g/mol. The molecule has 0 saturated heterocycles. The van der Waals surface area contributed by atoms with Gasteiger partial charge in [-0.1, -0.05) is 200 Å². The van der Waals surface area contributed by atoms with E-state index in [-0.39, 0.29) is 37.8 Å². The van der Waals surface area contributed by atoms with E-state index in [0.717, 1.165) is 77.8 Å². The summed E-state index contributed by atoms with van der Waals surface area (Å²) in [5.41, 5.74) is 16.5. The molecule has 0 N–H and O–H groups in total. The summed E-state index contributed by atoms with van der Waals surface area (Å²) in [5.74, 6) is 2.26. The number of para-hydroxylation sites is 3. The molecule has 0 radical (unpaired) electrons. The third-order valence-corrected chi connectivity index (χ3v) is 13.6. The van der Waals surface area contributed by atoms with Crippen molar-refractivity contribution in [3.8, 4) is 62.1 Å². The van der Waals surface area contributed by atoms with Gasteiger partial charge in [0.25, 0.3) is 6.33 Å². The summed E-state index contributed by atoms with van der Waals surface area (Å²) in [6, 6.07) is 71.7. The van der Waals surface area contributed by atoms with Crippen molar-refractivity contribution in [3.05, 3.63) is 223 Å². The van der Waals surface area contributed by atoms with Gasteiger partial charge < -0.3 is 13.9 Å². The molecular weight excluding hydrogens is 1050 g/mol. The van der Waals surface area contributed by atoms with Gasteiger partial charge in [-0.2, -0.15) is 18.2 Å². The number of nitrogens with zero attached hydrogens (tertiary/aromatic N) is 4. The first kappa shape index (κ1) is 47.4. The van der Waals surface area contributed by atoms with E-state index in [1.165, 1.54) is 22.3 Å². The second-order valence-electron chi connectivity index (χ2n) is 20.7. The van der Waals surface area contributed by atoms with Crippen LogP contribution in [0.1, 0.15) is 78.0 Å². The van der Waals surface area contributed by atoms with Crippen LogP contribution >= 0.6 is 0 Å². The van der Waals surface area contributed by atoms with Gasteiger partial charge in [0.1, 0.15) is 5.82 Å². The Morgan fingerprint density at radius 3 is 1.80 bits per heavy atom. The number of pyridine rings is 1. The number of hydrogen-bond donors (Lipinski definition) is 0. The normalized spacial score (nSPS) is 12.0. The Kier molecular flexibility index (Phi) is 12.5. The molecule has 0 unspecified atom stereocenters. The van der Waals surface area contributed by atoms with E-state index in [2.05, 4.69) is 251 Å². The van der Waals surface area contributed by atoms with E-state index >= 15 is 0 Å². The van der Waals surface area contributed by atoms with Gasteiger partial charge in [0.15, 0.2) is 0 Å². The molecule has 0 saturated carbocycles. The van der Waals surface area contributed by atoms with Crippen LogP contribution in [0.25, 0.3) is 83.4 Å². The molecule has 354 valence electrons. The first-order valence-corrected chi connectivity index (χ1v) is 24.3. The molecule has 3 aromatic heterocycles. The van der Waals surface area contributed by atoms with Crippen LogP contribution in [-0.4, -0.2) is 14.1 Å². The first-order valence-electron chi connectivity index (χ1n) is 24.3. The second kappa shape index (κ2) is 18.8. The maximum Gasteiger partial charge on any atom is 0.268 e. The predicted octanol–water partition coefficient (Wildman–Crippen LogP) is 16.3. The Balaban J connectivity index is 0.00000582. The van der Waals surface area contributed by atoms with Crippen molar-refractivity contribution in [2.24, 2.45) is 0 Å². The van der Waals surface area contributed by atoms with Gasteiger partial charge >= 0.3 is 0 Å². The maximum absolute atomic E-state index is 6.76. The van der Waals surface area contributed by atoms with Crippen LogP contribution in [0.3, 0.4) is 0 Å². The fraction of sp³-hybridized carbons (Fsp3) is 0.169. The van der Waals surface area contributed by atoms with E-state index in [1.807, 2.05) is 24.4 Å². The molecule has 0 aliphatic heterocycles. The number of imidazole rings is 1. The van der Waals surface area contributed by atoms with Crippen molar-refractivity contribution in [1.29, 1.82) is 0 Å². The Morgan fingerprint density at radius 2 is 1.14 bits per heavy atom. The smallest absolute Gasteiger partial charge is 0.268 e. The summed E-state index contributed by atoms with van der Waals surface area (Å²) in [6.07, 6.45) is 5.83. The fourth-order valence-electron chi connectivity index (χ4n) is 9.77. The summed E-state index contributed by atoms with van der Waals surface area (Å²) in [7, 11) is 0. The Labute approximate surface area is 432 Å². The van der Waals surface area contributed by atoms with Gasteiger partial charge in [0.05, 0.1) is 16.7 Å². The molecule has 5 nitrogen and oxygen atoms in total. The average molecular weight is 1100 g/mol. The van der Waals surface area contributed by atoms with Crippen LogP contribution in [0.2, 0.25) is 0 Å². The summed E-state index contributed by atoms with van der Waals surface area (Å²) in [6.45, 7) is 18.1. The van der Waals surface area contributed by atoms with E-state index in [1.54, 1.807) is 0 Å². The second-order valence-corrected chi connectivity index (χ2v) is 20.7. The molecule has 11 aromatic rings. The zero-order chi connectivity index (χ0) is 48.3. The zero-order valence-electron chi connectivity index (χ0n) is 41.5. The van der Waals surface area contributed by atoms with Gasteiger partial charge in [-0.15, -0.1) is 29.7 Å². The number of rotatable bonds is 9. The number of benzene rings is 8. The van der Waals surface area contributed by atoms with Crippen LogP contribution in [0.4, 0.5) is 0 Å². The molecular formula is C65H56N4OPt-2. The molecule has 71 heavy (non-hydrogen) atoms. The van der Waals surface area contributed by atoms with Crippen LogP contribution in [0.5, 0.6) is 11.5 Å². The van der Waals surface area contributed by atoms with Crippen molar-refractivity contribution in [2.75, 3.05) is 0 Å². The molecule has 0 bridgehead atoms. The zero-order valence-corrected chi connectivity index (χ0v) is 43.8. The maximum atomic E-state index is 6.76. The number of hydrogen-bond acceptors (Lipinski definition) is 2. The van der Waals surface area contributed by atoms with Crippen molar-refractivity contribution in [1.82, 2.24) is 14.1 Å². The third-order valence-electron chi connectivity index (χ3n) is 13.6. The van der Waals surface area contributed by atoms with Crippen molar-refractivity contribution >= 4 is 32.8 Å². The number of ether oxygens (including phenoxy) is 1. The summed E-state index contributed by atoms with van der Waals surface area (Å²) in [5, 5.41) is 2.24. The van der Waals surface area contributed by atoms with Crippen LogP contribution in [-0.2, 0) is 31.9 Å². The van der Waals surface area contributed by atoms with Crippen molar-refractivity contribution in [3.63, 3.8) is 0 Å². The Hall–Kier alpha value is -7.33. The van der Waals surface area contributed by atoms with Gasteiger partial charge in [0.2, 0.25) is 0 Å². The largest absolute Gasteiger partial charge is 0.510 e. The van der Waals surface area contributed by atoms with E-state index in [4.69, 9.17) is 9.72 Å². The molecule has 0 aliphatic carbocycles. The van der Waals surface area contributed by atoms with Gasteiger partial charge in [-0.3, -0.25) is 4.57 Å². The molecule has 3 heterocycles. The van der Waals surface area contributed by atoms with Crippen LogP contribution in [0, 0.1) is 18.5 Å². The molecule has 0 atom stereocenters. The first-order chi connectivity index (χ1) is 33.8. The van der Waals surface area contributed by atoms with E-state index in [0.29, 0.717) is 11.5 Å². The summed E-state index contributed by atoms with van der Waals surface area (Å²) < 4.78 is 13.3. The van der Waals surface area contributed by atoms with Crippen LogP contribution in [0.15, 0.2) is 188 Å². The van der Waals surface area contributed by atoms with E-state index < -0.39 is 0 Å². The molecule has 0 amide bonds. The quantitative estimate of drug-likeness (QED) is 0.107. The van der Waals surface area contributed by atoms with Crippen molar-refractivity contribution < 1.29 is 30.4 Å². The van der Waals surface area contributed by atoms with Gasteiger partial charge in [-0.05, 0) is 84.5 Å². The third kappa shape index (κ3) is 8.94. The SMILES string of the molecule is CC(C)c1cc(-n2c3[c-]c(Oc4[c-]c(-n5[c-][n+](-c6c(-c7ccccc7)cccc6-c6ccccc6)c6ccccc65)ccc4)ccc3c3cc(C(C)(C)C)ccc32)ncc1-c1ccc(C(C)(C)C)cc1.[Pt]. The minimum atomic E-state index is -0.0271. The Bertz CT molecular complexity index is 3660. The topological polar surface area (TPSA) is 35.9 Å². The number of fused-ring (bicyclic) bond motifs is 4. The average Bonchev–Trinajstić information content (AvgIpc) is 3.91. The molecule has 0 fully saturated rings. The standard InChI is InChI=1S/C65H56N4O.Pt/c1-43(2)55-40-62(66-41-57(55)46-29-31-47(32-30-46)64(3,4)5)69-58-36-33-48(65(6,7)8)37-56(58)54-35-34-51(39-61(54)69)70-50-24-17-23-49(38-50)67-42-68(60-28-16-15-27-59(60)67)63-52(44-19-11-9-12-20-44)25-18-26-53(63)45-21-13-10-14-22-45;/h9-37,40-41,43H,1-8H3;/q-2;. The molecule has 6 heteroatoms. The summed E-state index contributed by atoms with van der Waals surface area (Å²) >= 11 is 0. The minimum absolute atomic E-state index is 0. The molecule has 0 aliphatic rings. The fourth-order valence-corrected chi connectivity index (χ4v) is 9.77. The van der Waals surface area contributed by atoms with Crippen LogP contribution < -0.4 is 9.30 Å². The van der Waals surface area contributed by atoms with Crippen molar-refractivity contribution in [2.45, 2.75) is 72.1 Å². The molecule has 11 rings (SSSR count). The summed E-state index contributed by atoms with van der Waals surface area (Å²) in [4.78, 5) is 5.22. The van der Waals surface area contributed by atoms with Gasteiger partial charge in [-0.25, -0.2) is 4.98 Å². The number of aromatic nitrogens is 4. The Morgan fingerprint density at radius 1 is 0.535 bits per heavy atom.